The number of carbonyl (C=O) groups is 2. The Labute approximate surface area is 134 Å². The topological polar surface area (TPSA) is 147 Å². The number of carboxylic acids is 1. The SMILES string of the molecule is CC(C)(C(=O)CCCc1ccc(O)cc1)C(N)C(N)(O)C(=O)O. The standard InChI is InChI=1S/C16H24N2O5/c1-15(2,13(17)16(18,23)14(21)22)12(20)5-3-4-10-6-8-11(19)9-7-10/h6-9,13,19,23H,3-5,17-18H2,1-2H3,(H,21,22). The van der Waals surface area contributed by atoms with Crippen molar-refractivity contribution in [3.05, 3.63) is 29.8 Å². The van der Waals surface area contributed by atoms with Crippen LogP contribution in [0.1, 0.15) is 32.3 Å². The van der Waals surface area contributed by atoms with Crippen molar-refractivity contribution in [2.45, 2.75) is 44.9 Å². The predicted octanol–water partition coefficient (Wildman–Crippen LogP) is 0.369. The quantitative estimate of drug-likeness (QED) is 0.434. The molecule has 2 unspecified atom stereocenters. The number of benzene rings is 1. The smallest absolute Gasteiger partial charge is 0.352 e. The first-order valence-corrected chi connectivity index (χ1v) is 7.31. The molecule has 0 aromatic heterocycles. The van der Waals surface area contributed by atoms with E-state index in [1.54, 1.807) is 24.3 Å². The lowest BCUT2D eigenvalue weighted by Crippen LogP contribution is -2.67. The monoisotopic (exact) mass is 324 g/mol. The van der Waals surface area contributed by atoms with Crippen LogP contribution in [-0.4, -0.2) is 38.8 Å². The van der Waals surface area contributed by atoms with Crippen molar-refractivity contribution in [2.75, 3.05) is 0 Å². The molecule has 1 aromatic carbocycles. The van der Waals surface area contributed by atoms with Crippen LogP contribution in [0.25, 0.3) is 0 Å². The molecule has 7 nitrogen and oxygen atoms in total. The van der Waals surface area contributed by atoms with Crippen molar-refractivity contribution in [3.8, 4) is 5.75 Å². The lowest BCUT2D eigenvalue weighted by molar-refractivity contribution is -0.165. The molecule has 0 saturated carbocycles. The van der Waals surface area contributed by atoms with E-state index < -0.39 is 23.2 Å². The summed E-state index contributed by atoms with van der Waals surface area (Å²) in [6.07, 6.45) is 1.34. The van der Waals surface area contributed by atoms with Gasteiger partial charge in [-0.15, -0.1) is 0 Å². The van der Waals surface area contributed by atoms with Crippen LogP contribution in [0, 0.1) is 5.41 Å². The number of hydrogen-bond acceptors (Lipinski definition) is 6. The lowest BCUT2D eigenvalue weighted by atomic mass is 9.74. The minimum Gasteiger partial charge on any atom is -0.508 e. The number of aromatic hydroxyl groups is 1. The average molecular weight is 324 g/mol. The molecule has 7 N–H and O–H groups in total. The summed E-state index contributed by atoms with van der Waals surface area (Å²) in [5.74, 6) is -1.77. The number of carbonyl (C=O) groups excluding carboxylic acids is 1. The van der Waals surface area contributed by atoms with Gasteiger partial charge in [0.2, 0.25) is 5.72 Å². The number of aliphatic carboxylic acids is 1. The molecule has 0 aliphatic heterocycles. The van der Waals surface area contributed by atoms with Crippen molar-refractivity contribution in [1.82, 2.24) is 0 Å². The molecule has 0 aliphatic rings. The van der Waals surface area contributed by atoms with E-state index in [2.05, 4.69) is 0 Å². The van der Waals surface area contributed by atoms with Gasteiger partial charge in [-0.1, -0.05) is 26.0 Å². The van der Waals surface area contributed by atoms with E-state index in [0.717, 1.165) is 5.56 Å². The molecule has 0 fully saturated rings. The van der Waals surface area contributed by atoms with E-state index in [1.807, 2.05) is 0 Å². The molecule has 1 rings (SSSR count). The highest BCUT2D eigenvalue weighted by molar-refractivity contribution is 5.87. The van der Waals surface area contributed by atoms with Gasteiger partial charge in [-0.25, -0.2) is 4.79 Å². The number of phenols is 1. The molecule has 0 radical (unpaired) electrons. The zero-order valence-electron chi connectivity index (χ0n) is 13.3. The largest absolute Gasteiger partial charge is 0.508 e. The zero-order chi connectivity index (χ0) is 17.8. The van der Waals surface area contributed by atoms with Crippen LogP contribution in [0.5, 0.6) is 5.75 Å². The average Bonchev–Trinajstić information content (AvgIpc) is 2.48. The Bertz CT molecular complexity index is 566. The highest BCUT2D eigenvalue weighted by Crippen LogP contribution is 2.28. The van der Waals surface area contributed by atoms with Crippen LogP contribution < -0.4 is 11.5 Å². The maximum absolute atomic E-state index is 12.3. The summed E-state index contributed by atoms with van der Waals surface area (Å²) in [4.78, 5) is 23.3. The van der Waals surface area contributed by atoms with Gasteiger partial charge in [-0.3, -0.25) is 10.5 Å². The fourth-order valence-corrected chi connectivity index (χ4v) is 2.29. The highest BCUT2D eigenvalue weighted by Gasteiger charge is 2.49. The van der Waals surface area contributed by atoms with Gasteiger partial charge in [-0.05, 0) is 30.5 Å². The number of aliphatic hydroxyl groups is 1. The maximum Gasteiger partial charge on any atom is 0.352 e. The second-order valence-corrected chi connectivity index (χ2v) is 6.27. The Kier molecular flexibility index (Phi) is 5.87. The van der Waals surface area contributed by atoms with Crippen molar-refractivity contribution in [3.63, 3.8) is 0 Å². The summed E-state index contributed by atoms with van der Waals surface area (Å²) >= 11 is 0. The van der Waals surface area contributed by atoms with E-state index in [9.17, 15) is 19.8 Å². The third-order valence-corrected chi connectivity index (χ3v) is 4.12. The number of nitrogens with two attached hydrogens (primary N) is 2. The van der Waals surface area contributed by atoms with Gasteiger partial charge < -0.3 is 21.1 Å². The van der Waals surface area contributed by atoms with Gasteiger partial charge in [-0.2, -0.15) is 0 Å². The fourth-order valence-electron chi connectivity index (χ4n) is 2.29. The molecule has 23 heavy (non-hydrogen) atoms. The molecule has 2 atom stereocenters. The number of carboxylic acid groups (broad SMARTS) is 1. The molecule has 1 aromatic rings. The Morgan fingerprint density at radius 1 is 1.22 bits per heavy atom. The molecule has 0 heterocycles. The lowest BCUT2D eigenvalue weighted by Gasteiger charge is -2.37. The van der Waals surface area contributed by atoms with E-state index in [0.29, 0.717) is 12.8 Å². The molecule has 0 spiro atoms. The van der Waals surface area contributed by atoms with E-state index in [4.69, 9.17) is 16.6 Å². The first-order chi connectivity index (χ1) is 10.5. The number of rotatable bonds is 8. The van der Waals surface area contributed by atoms with E-state index in [-0.39, 0.29) is 18.0 Å². The van der Waals surface area contributed by atoms with Gasteiger partial charge >= 0.3 is 5.97 Å². The molecule has 7 heteroatoms. The van der Waals surface area contributed by atoms with Crippen LogP contribution in [-0.2, 0) is 16.0 Å². The van der Waals surface area contributed by atoms with Crippen molar-refractivity contribution in [2.24, 2.45) is 16.9 Å². The van der Waals surface area contributed by atoms with Crippen LogP contribution >= 0.6 is 0 Å². The third-order valence-electron chi connectivity index (χ3n) is 4.12. The van der Waals surface area contributed by atoms with Crippen LogP contribution in [0.15, 0.2) is 24.3 Å². The summed E-state index contributed by atoms with van der Waals surface area (Å²) in [6, 6.07) is 5.23. The number of Topliss-reactive ketones (excluding diaryl/α,β-unsaturated/α-hetero) is 1. The normalized spacial score (nSPS) is 15.7. The number of hydrogen-bond donors (Lipinski definition) is 5. The van der Waals surface area contributed by atoms with Gasteiger partial charge in [0.25, 0.3) is 0 Å². The zero-order valence-corrected chi connectivity index (χ0v) is 13.3. The minimum absolute atomic E-state index is 0.174. The van der Waals surface area contributed by atoms with Gasteiger partial charge in [0.1, 0.15) is 11.5 Å². The Morgan fingerprint density at radius 2 is 1.74 bits per heavy atom. The molecule has 0 bridgehead atoms. The molecule has 0 aliphatic carbocycles. The predicted molar refractivity (Wildman–Crippen MR) is 84.6 cm³/mol. The summed E-state index contributed by atoms with van der Waals surface area (Å²) < 4.78 is 0. The third kappa shape index (κ3) is 4.51. The van der Waals surface area contributed by atoms with Crippen molar-refractivity contribution >= 4 is 11.8 Å². The minimum atomic E-state index is -2.67. The number of aryl methyl sites for hydroxylation is 1. The summed E-state index contributed by atoms with van der Waals surface area (Å²) in [7, 11) is 0. The Balaban J connectivity index is 2.65. The van der Waals surface area contributed by atoms with Crippen LogP contribution in [0.4, 0.5) is 0 Å². The summed E-state index contributed by atoms with van der Waals surface area (Å²) in [5.41, 5.74) is 8.06. The number of ketones is 1. The molecule has 128 valence electrons. The van der Waals surface area contributed by atoms with Crippen LogP contribution in [0.3, 0.4) is 0 Å². The maximum atomic E-state index is 12.3. The van der Waals surface area contributed by atoms with Gasteiger partial charge in [0.15, 0.2) is 0 Å². The first kappa shape index (κ1) is 19.1. The van der Waals surface area contributed by atoms with E-state index >= 15 is 0 Å². The van der Waals surface area contributed by atoms with Gasteiger partial charge in [0, 0.05) is 11.8 Å². The van der Waals surface area contributed by atoms with E-state index in [1.165, 1.54) is 13.8 Å². The Hall–Kier alpha value is -1.96. The second-order valence-electron chi connectivity index (χ2n) is 6.27. The summed E-state index contributed by atoms with van der Waals surface area (Å²) in [5, 5.41) is 27.9. The highest BCUT2D eigenvalue weighted by atomic mass is 16.4. The number of phenolic OH excluding ortho intramolecular Hbond substituents is 1. The van der Waals surface area contributed by atoms with Gasteiger partial charge in [0.05, 0.1) is 6.04 Å². The fraction of sp³-hybridized carbons (Fsp3) is 0.500. The molecular formula is C16H24N2O5. The second kappa shape index (κ2) is 7.08. The molecular weight excluding hydrogens is 300 g/mol. The van der Waals surface area contributed by atoms with Crippen molar-refractivity contribution in [1.29, 1.82) is 0 Å². The first-order valence-electron chi connectivity index (χ1n) is 7.31. The Morgan fingerprint density at radius 3 is 2.22 bits per heavy atom. The molecule has 0 saturated heterocycles. The van der Waals surface area contributed by atoms with Crippen LogP contribution in [0.2, 0.25) is 0 Å². The summed E-state index contributed by atoms with van der Waals surface area (Å²) in [6.45, 7) is 2.95. The molecule has 0 amide bonds. The van der Waals surface area contributed by atoms with Crippen molar-refractivity contribution < 1.29 is 24.9 Å².